The second-order valence-corrected chi connectivity index (χ2v) is 5.51. The standard InChI is InChI=1S/C17H28N2O/c1-4-7-15(12-13-18)10-11-17(20)19(3)16-9-6-5-8-14(16)2/h5-6,8-9,15H,4,7,10-13,18H2,1-3H3. The van der Waals surface area contributed by atoms with E-state index in [-0.39, 0.29) is 5.91 Å². The summed E-state index contributed by atoms with van der Waals surface area (Å²) in [6, 6.07) is 8.00. The highest BCUT2D eigenvalue weighted by Crippen LogP contribution is 2.21. The van der Waals surface area contributed by atoms with Gasteiger partial charge in [0.25, 0.3) is 0 Å². The number of benzene rings is 1. The van der Waals surface area contributed by atoms with Crippen LogP contribution in [-0.4, -0.2) is 19.5 Å². The van der Waals surface area contributed by atoms with E-state index in [9.17, 15) is 4.79 Å². The summed E-state index contributed by atoms with van der Waals surface area (Å²) in [5.74, 6) is 0.775. The van der Waals surface area contributed by atoms with Crippen LogP contribution in [-0.2, 0) is 4.79 Å². The van der Waals surface area contributed by atoms with Crippen molar-refractivity contribution in [2.75, 3.05) is 18.5 Å². The van der Waals surface area contributed by atoms with Gasteiger partial charge in [-0.15, -0.1) is 0 Å². The molecule has 1 atom stereocenters. The number of para-hydroxylation sites is 1. The van der Waals surface area contributed by atoms with E-state index in [4.69, 9.17) is 5.73 Å². The van der Waals surface area contributed by atoms with Gasteiger partial charge in [-0.25, -0.2) is 0 Å². The molecule has 3 nitrogen and oxygen atoms in total. The van der Waals surface area contributed by atoms with Crippen LogP contribution in [0.25, 0.3) is 0 Å². The number of amides is 1. The Morgan fingerprint density at radius 1 is 1.25 bits per heavy atom. The average molecular weight is 276 g/mol. The van der Waals surface area contributed by atoms with Crippen molar-refractivity contribution >= 4 is 11.6 Å². The van der Waals surface area contributed by atoms with Crippen LogP contribution in [0.4, 0.5) is 5.69 Å². The Morgan fingerprint density at radius 2 is 1.95 bits per heavy atom. The minimum atomic E-state index is 0.192. The maximum Gasteiger partial charge on any atom is 0.226 e. The Kier molecular flexibility index (Phi) is 7.31. The molecule has 3 heteroatoms. The van der Waals surface area contributed by atoms with Crippen LogP contribution in [0.5, 0.6) is 0 Å². The van der Waals surface area contributed by atoms with Gasteiger partial charge in [-0.1, -0.05) is 38.0 Å². The average Bonchev–Trinajstić information content (AvgIpc) is 2.44. The largest absolute Gasteiger partial charge is 0.330 e. The normalized spacial score (nSPS) is 12.2. The van der Waals surface area contributed by atoms with Crippen LogP contribution in [0, 0.1) is 12.8 Å². The maximum atomic E-state index is 12.3. The molecule has 112 valence electrons. The Bertz CT molecular complexity index is 411. The summed E-state index contributed by atoms with van der Waals surface area (Å²) in [7, 11) is 1.86. The number of rotatable bonds is 8. The lowest BCUT2D eigenvalue weighted by molar-refractivity contribution is -0.118. The molecule has 0 spiro atoms. The van der Waals surface area contributed by atoms with Crippen molar-refractivity contribution in [2.24, 2.45) is 11.7 Å². The van der Waals surface area contributed by atoms with Crippen LogP contribution in [0.1, 0.15) is 44.6 Å². The van der Waals surface area contributed by atoms with Gasteiger partial charge >= 0.3 is 0 Å². The quantitative estimate of drug-likeness (QED) is 0.790. The molecule has 0 aromatic heterocycles. The fourth-order valence-electron chi connectivity index (χ4n) is 2.65. The van der Waals surface area contributed by atoms with Crippen molar-refractivity contribution in [3.8, 4) is 0 Å². The van der Waals surface area contributed by atoms with Crippen molar-refractivity contribution in [1.29, 1.82) is 0 Å². The molecule has 1 aromatic carbocycles. The third kappa shape index (κ3) is 4.97. The monoisotopic (exact) mass is 276 g/mol. The van der Waals surface area contributed by atoms with E-state index in [1.165, 1.54) is 6.42 Å². The number of carbonyl (C=O) groups is 1. The zero-order chi connectivity index (χ0) is 15.0. The molecule has 1 amide bonds. The second-order valence-electron chi connectivity index (χ2n) is 5.51. The molecule has 1 rings (SSSR count). The van der Waals surface area contributed by atoms with E-state index in [0.717, 1.165) is 30.5 Å². The van der Waals surface area contributed by atoms with Gasteiger partial charge in [-0.05, 0) is 43.9 Å². The first-order valence-corrected chi connectivity index (χ1v) is 7.62. The smallest absolute Gasteiger partial charge is 0.226 e. The van der Waals surface area contributed by atoms with Gasteiger partial charge in [0.05, 0.1) is 0 Å². The molecule has 0 aliphatic carbocycles. The van der Waals surface area contributed by atoms with Crippen molar-refractivity contribution < 1.29 is 4.79 Å². The number of hydrogen-bond acceptors (Lipinski definition) is 2. The van der Waals surface area contributed by atoms with Gasteiger partial charge in [0.2, 0.25) is 5.91 Å². The molecule has 0 heterocycles. The molecule has 20 heavy (non-hydrogen) atoms. The Hall–Kier alpha value is -1.35. The maximum absolute atomic E-state index is 12.3. The highest BCUT2D eigenvalue weighted by atomic mass is 16.2. The lowest BCUT2D eigenvalue weighted by Gasteiger charge is -2.21. The first-order chi connectivity index (χ1) is 9.60. The molecule has 2 N–H and O–H groups in total. The number of anilines is 1. The minimum Gasteiger partial charge on any atom is -0.330 e. The van der Waals surface area contributed by atoms with E-state index in [1.807, 2.05) is 38.2 Å². The van der Waals surface area contributed by atoms with Gasteiger partial charge in [0.15, 0.2) is 0 Å². The van der Waals surface area contributed by atoms with Crippen molar-refractivity contribution in [3.63, 3.8) is 0 Å². The summed E-state index contributed by atoms with van der Waals surface area (Å²) in [6.07, 6.45) is 4.90. The minimum absolute atomic E-state index is 0.192. The summed E-state index contributed by atoms with van der Waals surface area (Å²) in [5, 5.41) is 0. The predicted octanol–water partition coefficient (Wildman–Crippen LogP) is 3.50. The molecule has 0 fully saturated rings. The molecule has 1 aromatic rings. The predicted molar refractivity (Wildman–Crippen MR) is 85.9 cm³/mol. The van der Waals surface area contributed by atoms with Crippen LogP contribution < -0.4 is 10.6 Å². The summed E-state index contributed by atoms with van der Waals surface area (Å²) in [4.78, 5) is 14.1. The molecule has 0 saturated carbocycles. The molecule has 0 radical (unpaired) electrons. The summed E-state index contributed by atoms with van der Waals surface area (Å²) < 4.78 is 0. The molecule has 1 unspecified atom stereocenters. The van der Waals surface area contributed by atoms with Crippen molar-refractivity contribution in [2.45, 2.75) is 46.0 Å². The van der Waals surface area contributed by atoms with Crippen LogP contribution in [0.15, 0.2) is 24.3 Å². The summed E-state index contributed by atoms with van der Waals surface area (Å²) in [5.41, 5.74) is 7.78. The SMILES string of the molecule is CCCC(CCN)CCC(=O)N(C)c1ccccc1C. The lowest BCUT2D eigenvalue weighted by atomic mass is 9.94. The number of nitrogens with two attached hydrogens (primary N) is 1. The third-order valence-corrected chi connectivity index (χ3v) is 3.89. The Morgan fingerprint density at radius 3 is 2.55 bits per heavy atom. The number of carbonyl (C=O) groups excluding carboxylic acids is 1. The summed E-state index contributed by atoms with van der Waals surface area (Å²) >= 11 is 0. The zero-order valence-corrected chi connectivity index (χ0v) is 13.1. The van der Waals surface area contributed by atoms with E-state index in [0.29, 0.717) is 18.9 Å². The van der Waals surface area contributed by atoms with Gasteiger partial charge in [-0.2, -0.15) is 0 Å². The highest BCUT2D eigenvalue weighted by molar-refractivity contribution is 5.93. The Labute approximate surface area is 123 Å². The first kappa shape index (κ1) is 16.7. The van der Waals surface area contributed by atoms with Gasteiger partial charge in [-0.3, -0.25) is 4.79 Å². The number of hydrogen-bond donors (Lipinski definition) is 1. The lowest BCUT2D eigenvalue weighted by Crippen LogP contribution is -2.27. The second kappa shape index (κ2) is 8.75. The van der Waals surface area contributed by atoms with Crippen LogP contribution >= 0.6 is 0 Å². The molecule has 0 aliphatic heterocycles. The molecular formula is C17H28N2O. The third-order valence-electron chi connectivity index (χ3n) is 3.89. The highest BCUT2D eigenvalue weighted by Gasteiger charge is 2.15. The van der Waals surface area contributed by atoms with E-state index < -0.39 is 0 Å². The van der Waals surface area contributed by atoms with Crippen LogP contribution in [0.2, 0.25) is 0 Å². The molecule has 0 saturated heterocycles. The van der Waals surface area contributed by atoms with Crippen molar-refractivity contribution in [1.82, 2.24) is 0 Å². The van der Waals surface area contributed by atoms with E-state index >= 15 is 0 Å². The van der Waals surface area contributed by atoms with Crippen LogP contribution in [0.3, 0.4) is 0 Å². The number of nitrogens with zero attached hydrogens (tertiary/aromatic N) is 1. The zero-order valence-electron chi connectivity index (χ0n) is 13.1. The van der Waals surface area contributed by atoms with Gasteiger partial charge in [0, 0.05) is 19.2 Å². The molecule has 0 aliphatic rings. The van der Waals surface area contributed by atoms with Crippen molar-refractivity contribution in [3.05, 3.63) is 29.8 Å². The van der Waals surface area contributed by atoms with Gasteiger partial charge in [0.1, 0.15) is 0 Å². The molecular weight excluding hydrogens is 248 g/mol. The first-order valence-electron chi connectivity index (χ1n) is 7.62. The topological polar surface area (TPSA) is 46.3 Å². The summed E-state index contributed by atoms with van der Waals surface area (Å²) in [6.45, 7) is 4.94. The van der Waals surface area contributed by atoms with Gasteiger partial charge < -0.3 is 10.6 Å². The Balaban J connectivity index is 2.55. The number of aryl methyl sites for hydroxylation is 1. The molecule has 0 bridgehead atoms. The van der Waals surface area contributed by atoms with E-state index in [2.05, 4.69) is 6.92 Å². The fourth-order valence-corrected chi connectivity index (χ4v) is 2.65. The fraction of sp³-hybridized carbons (Fsp3) is 0.588. The van der Waals surface area contributed by atoms with E-state index in [1.54, 1.807) is 4.90 Å².